The van der Waals surface area contributed by atoms with Crippen LogP contribution >= 0.6 is 0 Å². The summed E-state index contributed by atoms with van der Waals surface area (Å²) in [5, 5.41) is 6.15. The summed E-state index contributed by atoms with van der Waals surface area (Å²) in [6, 6.07) is 10.5. The number of hydrogen-bond donors (Lipinski definition) is 2. The molecule has 0 bridgehead atoms. The number of ether oxygens (including phenoxy) is 2. The molecule has 9 heteroatoms. The Balaban J connectivity index is 1.46. The van der Waals surface area contributed by atoms with Crippen molar-refractivity contribution in [3.8, 4) is 5.75 Å². The van der Waals surface area contributed by atoms with Crippen LogP contribution in [-0.2, 0) is 16.1 Å². The highest BCUT2D eigenvalue weighted by atomic mass is 19.2. The summed E-state index contributed by atoms with van der Waals surface area (Å²) in [6.07, 6.45) is 3.20. The molecule has 2 fully saturated rings. The molecule has 1 aliphatic heterocycles. The summed E-state index contributed by atoms with van der Waals surface area (Å²) in [4.78, 5) is 28.5. The lowest BCUT2D eigenvalue weighted by Gasteiger charge is -2.36. The van der Waals surface area contributed by atoms with Gasteiger partial charge in [0, 0.05) is 56.4 Å². The SMILES string of the molecule is COCCCOc1ccccc1CN(C(=O)C1CNCCC1NC(=O)c1ccc(F)c(F)c1)C1CC1. The van der Waals surface area contributed by atoms with Crippen molar-refractivity contribution in [2.75, 3.05) is 33.4 Å². The number of piperidine rings is 1. The minimum atomic E-state index is -1.08. The van der Waals surface area contributed by atoms with Gasteiger partial charge in [-0.25, -0.2) is 8.78 Å². The predicted molar refractivity (Wildman–Crippen MR) is 131 cm³/mol. The number of benzene rings is 2. The van der Waals surface area contributed by atoms with Gasteiger partial charge in [0.05, 0.1) is 12.5 Å². The Hall–Kier alpha value is -3.04. The fourth-order valence-corrected chi connectivity index (χ4v) is 4.51. The van der Waals surface area contributed by atoms with Crippen LogP contribution in [0.1, 0.15) is 41.6 Å². The lowest BCUT2D eigenvalue weighted by molar-refractivity contribution is -0.138. The first-order valence-corrected chi connectivity index (χ1v) is 12.4. The van der Waals surface area contributed by atoms with Crippen molar-refractivity contribution in [3.05, 3.63) is 65.2 Å². The van der Waals surface area contributed by atoms with E-state index in [2.05, 4.69) is 10.6 Å². The van der Waals surface area contributed by atoms with Gasteiger partial charge in [0.1, 0.15) is 5.75 Å². The van der Waals surface area contributed by atoms with E-state index in [1.54, 1.807) is 7.11 Å². The molecule has 7 nitrogen and oxygen atoms in total. The predicted octanol–water partition coefficient (Wildman–Crippen LogP) is 3.28. The quantitative estimate of drug-likeness (QED) is 0.462. The van der Waals surface area contributed by atoms with E-state index in [9.17, 15) is 18.4 Å². The first-order chi connectivity index (χ1) is 17.5. The maximum absolute atomic E-state index is 13.8. The Morgan fingerprint density at radius 1 is 1.08 bits per heavy atom. The second kappa shape index (κ2) is 12.3. The summed E-state index contributed by atoms with van der Waals surface area (Å²) in [6.45, 7) is 2.63. The summed E-state index contributed by atoms with van der Waals surface area (Å²) in [5.74, 6) is -2.37. The molecular formula is C27H33F2N3O4. The molecule has 0 aromatic heterocycles. The normalized spacial score (nSPS) is 19.5. The molecule has 1 saturated heterocycles. The highest BCUT2D eigenvalue weighted by Crippen LogP contribution is 2.33. The van der Waals surface area contributed by atoms with Crippen LogP contribution in [0.15, 0.2) is 42.5 Å². The average molecular weight is 502 g/mol. The molecule has 2 amide bonds. The van der Waals surface area contributed by atoms with E-state index < -0.39 is 29.5 Å². The maximum atomic E-state index is 13.8. The van der Waals surface area contributed by atoms with Gasteiger partial charge in [-0.15, -0.1) is 0 Å². The first kappa shape index (κ1) is 26.0. The highest BCUT2D eigenvalue weighted by Gasteiger charge is 2.40. The van der Waals surface area contributed by atoms with Crippen LogP contribution in [0.4, 0.5) is 8.78 Å². The monoisotopic (exact) mass is 501 g/mol. The Morgan fingerprint density at radius 2 is 1.89 bits per heavy atom. The number of carbonyl (C=O) groups excluding carboxylic acids is 2. The van der Waals surface area contributed by atoms with Crippen molar-refractivity contribution in [2.45, 2.75) is 44.3 Å². The molecule has 2 unspecified atom stereocenters. The number of methoxy groups -OCH3 is 1. The number of carbonyl (C=O) groups is 2. The summed E-state index contributed by atoms with van der Waals surface area (Å²) in [5.41, 5.74) is 0.957. The van der Waals surface area contributed by atoms with Crippen molar-refractivity contribution in [1.29, 1.82) is 0 Å². The van der Waals surface area contributed by atoms with Gasteiger partial charge in [0.25, 0.3) is 5.91 Å². The molecule has 1 saturated carbocycles. The van der Waals surface area contributed by atoms with E-state index in [0.717, 1.165) is 42.7 Å². The van der Waals surface area contributed by atoms with E-state index in [1.165, 1.54) is 6.07 Å². The molecule has 1 heterocycles. The number of nitrogens with zero attached hydrogens (tertiary/aromatic N) is 1. The molecule has 2 atom stereocenters. The van der Waals surface area contributed by atoms with Crippen molar-refractivity contribution in [3.63, 3.8) is 0 Å². The summed E-state index contributed by atoms with van der Waals surface area (Å²) < 4.78 is 38.0. The van der Waals surface area contributed by atoms with Crippen LogP contribution in [0.2, 0.25) is 0 Å². The van der Waals surface area contributed by atoms with Crippen molar-refractivity contribution < 1.29 is 27.8 Å². The molecule has 2 aliphatic rings. The van der Waals surface area contributed by atoms with Crippen molar-refractivity contribution >= 4 is 11.8 Å². The molecule has 36 heavy (non-hydrogen) atoms. The molecule has 194 valence electrons. The highest BCUT2D eigenvalue weighted by molar-refractivity contribution is 5.95. The third-order valence-corrected chi connectivity index (χ3v) is 6.63. The van der Waals surface area contributed by atoms with Gasteiger partial charge in [0.15, 0.2) is 11.6 Å². The van der Waals surface area contributed by atoms with E-state index in [4.69, 9.17) is 9.47 Å². The Morgan fingerprint density at radius 3 is 2.64 bits per heavy atom. The second-order valence-corrected chi connectivity index (χ2v) is 9.31. The number of halogens is 2. The molecule has 2 aromatic rings. The number of amides is 2. The standard InChI is InChI=1S/C27H33F2N3O4/c1-35-13-4-14-36-25-6-3-2-5-19(25)17-32(20-8-9-20)27(34)21-16-30-12-11-24(21)31-26(33)18-7-10-22(28)23(29)15-18/h2-3,5-7,10,15,20-21,24,30H,4,8-9,11-14,16-17H2,1H3,(H,31,33). The van der Waals surface area contributed by atoms with Gasteiger partial charge >= 0.3 is 0 Å². The summed E-state index contributed by atoms with van der Waals surface area (Å²) >= 11 is 0. The number of para-hydroxylation sites is 1. The van der Waals surface area contributed by atoms with Gasteiger partial charge < -0.3 is 25.0 Å². The average Bonchev–Trinajstić information content (AvgIpc) is 3.73. The number of hydrogen-bond acceptors (Lipinski definition) is 5. The van der Waals surface area contributed by atoms with Crippen LogP contribution in [0.3, 0.4) is 0 Å². The smallest absolute Gasteiger partial charge is 0.251 e. The zero-order chi connectivity index (χ0) is 25.5. The number of nitrogens with one attached hydrogen (secondary N) is 2. The van der Waals surface area contributed by atoms with Gasteiger partial charge in [-0.3, -0.25) is 9.59 Å². The minimum Gasteiger partial charge on any atom is -0.493 e. The van der Waals surface area contributed by atoms with Crippen LogP contribution in [0.25, 0.3) is 0 Å². The van der Waals surface area contributed by atoms with Crippen LogP contribution in [0.5, 0.6) is 5.75 Å². The molecule has 0 spiro atoms. The third-order valence-electron chi connectivity index (χ3n) is 6.63. The third kappa shape index (κ3) is 6.59. The Bertz CT molecular complexity index is 1060. The van der Waals surface area contributed by atoms with Crippen LogP contribution < -0.4 is 15.4 Å². The second-order valence-electron chi connectivity index (χ2n) is 9.31. The number of rotatable bonds is 11. The minimum absolute atomic E-state index is 0.0252. The van der Waals surface area contributed by atoms with E-state index in [0.29, 0.717) is 39.3 Å². The first-order valence-electron chi connectivity index (χ1n) is 12.4. The van der Waals surface area contributed by atoms with E-state index in [1.807, 2.05) is 29.2 Å². The zero-order valence-electron chi connectivity index (χ0n) is 20.5. The molecule has 1 aliphatic carbocycles. The van der Waals surface area contributed by atoms with E-state index in [-0.39, 0.29) is 17.5 Å². The zero-order valence-corrected chi connectivity index (χ0v) is 20.5. The molecule has 4 rings (SSSR count). The Labute approximate surface area is 210 Å². The van der Waals surface area contributed by atoms with Gasteiger partial charge in [-0.05, 0) is 50.1 Å². The summed E-state index contributed by atoms with van der Waals surface area (Å²) in [7, 11) is 1.65. The van der Waals surface area contributed by atoms with E-state index >= 15 is 0 Å². The van der Waals surface area contributed by atoms with Crippen LogP contribution in [0, 0.1) is 17.6 Å². The maximum Gasteiger partial charge on any atom is 0.251 e. The molecule has 2 N–H and O–H groups in total. The molecule has 0 radical (unpaired) electrons. The Kier molecular flexibility index (Phi) is 8.88. The molecule has 2 aromatic carbocycles. The molecular weight excluding hydrogens is 468 g/mol. The van der Waals surface area contributed by atoms with Gasteiger partial charge in [-0.2, -0.15) is 0 Å². The fourth-order valence-electron chi connectivity index (χ4n) is 4.51. The van der Waals surface area contributed by atoms with Gasteiger partial charge in [-0.1, -0.05) is 18.2 Å². The van der Waals surface area contributed by atoms with Crippen molar-refractivity contribution in [2.24, 2.45) is 5.92 Å². The van der Waals surface area contributed by atoms with Crippen LogP contribution in [-0.4, -0.2) is 62.2 Å². The van der Waals surface area contributed by atoms with Gasteiger partial charge in [0.2, 0.25) is 5.91 Å². The topological polar surface area (TPSA) is 79.9 Å². The largest absolute Gasteiger partial charge is 0.493 e. The lowest BCUT2D eigenvalue weighted by atomic mass is 9.91. The lowest BCUT2D eigenvalue weighted by Crippen LogP contribution is -2.55. The van der Waals surface area contributed by atoms with Crippen molar-refractivity contribution in [1.82, 2.24) is 15.5 Å². The fraction of sp³-hybridized carbons (Fsp3) is 0.481.